The van der Waals surface area contributed by atoms with Gasteiger partial charge in [-0.05, 0) is 30.3 Å². The molecule has 0 bridgehead atoms. The van der Waals surface area contributed by atoms with E-state index in [9.17, 15) is 13.6 Å². The molecule has 0 aliphatic rings. The highest BCUT2D eigenvalue weighted by Crippen LogP contribution is 2.22. The van der Waals surface area contributed by atoms with E-state index in [0.29, 0.717) is 11.0 Å². The van der Waals surface area contributed by atoms with Gasteiger partial charge in [0.1, 0.15) is 17.3 Å². The molecule has 2 heterocycles. The van der Waals surface area contributed by atoms with E-state index in [2.05, 4.69) is 9.97 Å². The molecule has 94 valence electrons. The number of aromatic amines is 1. The molecule has 0 fully saturated rings. The predicted molar refractivity (Wildman–Crippen MR) is 67.7 cm³/mol. The molecule has 0 atom stereocenters. The second-order valence-electron chi connectivity index (χ2n) is 4.07. The van der Waals surface area contributed by atoms with E-state index in [4.69, 9.17) is 0 Å². The summed E-state index contributed by atoms with van der Waals surface area (Å²) in [6.07, 6.45) is 1.52. The summed E-state index contributed by atoms with van der Waals surface area (Å²) in [6, 6.07) is 7.58. The quantitative estimate of drug-likeness (QED) is 0.729. The van der Waals surface area contributed by atoms with Gasteiger partial charge in [-0.3, -0.25) is 4.79 Å². The molecule has 2 aromatic heterocycles. The first-order valence-corrected chi connectivity index (χ1v) is 5.58. The maximum absolute atomic E-state index is 13.7. The molecule has 3 aromatic rings. The highest BCUT2D eigenvalue weighted by atomic mass is 19.1. The fourth-order valence-electron chi connectivity index (χ4n) is 1.93. The van der Waals surface area contributed by atoms with Crippen LogP contribution in [0.15, 0.2) is 47.4 Å². The van der Waals surface area contributed by atoms with Gasteiger partial charge >= 0.3 is 0 Å². The van der Waals surface area contributed by atoms with Gasteiger partial charge in [0.2, 0.25) is 0 Å². The summed E-state index contributed by atoms with van der Waals surface area (Å²) in [4.78, 5) is 18.7. The lowest BCUT2D eigenvalue weighted by Gasteiger charge is -2.05. The molecular formula is C14H8F2N2O. The van der Waals surface area contributed by atoms with Crippen LogP contribution in [-0.4, -0.2) is 9.97 Å². The van der Waals surface area contributed by atoms with E-state index < -0.39 is 11.6 Å². The predicted octanol–water partition coefficient (Wildman–Crippen LogP) is 2.87. The number of hydrogen-bond donors (Lipinski definition) is 1. The number of rotatable bonds is 1. The molecule has 3 rings (SSSR count). The topological polar surface area (TPSA) is 45.8 Å². The molecule has 1 N–H and O–H groups in total. The van der Waals surface area contributed by atoms with E-state index >= 15 is 0 Å². The second kappa shape index (κ2) is 4.28. The Morgan fingerprint density at radius 2 is 1.95 bits per heavy atom. The van der Waals surface area contributed by atoms with Crippen LogP contribution in [0.4, 0.5) is 8.78 Å². The molecule has 0 aliphatic carbocycles. The summed E-state index contributed by atoms with van der Waals surface area (Å²) in [5.74, 6) is -1.18. The van der Waals surface area contributed by atoms with Crippen molar-refractivity contribution in [2.75, 3.05) is 0 Å². The molecule has 0 aliphatic heterocycles. The van der Waals surface area contributed by atoms with Crippen molar-refractivity contribution < 1.29 is 8.78 Å². The average Bonchev–Trinajstić information content (AvgIpc) is 2.41. The van der Waals surface area contributed by atoms with Crippen LogP contribution in [0.5, 0.6) is 0 Å². The van der Waals surface area contributed by atoms with E-state index in [1.807, 2.05) is 0 Å². The number of aromatic nitrogens is 2. The molecule has 5 heteroatoms. The van der Waals surface area contributed by atoms with Crippen molar-refractivity contribution in [1.82, 2.24) is 9.97 Å². The average molecular weight is 258 g/mol. The van der Waals surface area contributed by atoms with Gasteiger partial charge in [0, 0.05) is 17.8 Å². The Kier molecular flexibility index (Phi) is 2.59. The lowest BCUT2D eigenvalue weighted by atomic mass is 10.1. The molecule has 0 saturated carbocycles. The molecule has 0 radical (unpaired) electrons. The van der Waals surface area contributed by atoms with Gasteiger partial charge in [0.25, 0.3) is 0 Å². The summed E-state index contributed by atoms with van der Waals surface area (Å²) >= 11 is 0. The summed E-state index contributed by atoms with van der Waals surface area (Å²) in [5.41, 5.74) is 0.257. The molecule has 3 nitrogen and oxygen atoms in total. The molecule has 0 amide bonds. The molecule has 0 saturated heterocycles. The van der Waals surface area contributed by atoms with Gasteiger partial charge in [0.05, 0.1) is 11.1 Å². The number of fused-ring (bicyclic) bond motifs is 1. The molecule has 0 spiro atoms. The zero-order chi connectivity index (χ0) is 13.4. The Morgan fingerprint density at radius 1 is 1.11 bits per heavy atom. The number of nitrogens with zero attached hydrogens (tertiary/aromatic N) is 1. The van der Waals surface area contributed by atoms with Crippen LogP contribution in [0.1, 0.15) is 0 Å². The van der Waals surface area contributed by atoms with E-state index in [1.165, 1.54) is 12.3 Å². The normalized spacial score (nSPS) is 10.8. The van der Waals surface area contributed by atoms with Crippen LogP contribution in [0.3, 0.4) is 0 Å². The zero-order valence-corrected chi connectivity index (χ0v) is 9.65. The smallest absolute Gasteiger partial charge is 0.191 e. The first-order valence-electron chi connectivity index (χ1n) is 5.58. The highest BCUT2D eigenvalue weighted by molar-refractivity contribution is 5.77. The number of pyridine rings is 2. The van der Waals surface area contributed by atoms with Crippen molar-refractivity contribution in [1.29, 1.82) is 0 Å². The summed E-state index contributed by atoms with van der Waals surface area (Å²) in [5, 5.41) is 0.406. The van der Waals surface area contributed by atoms with Crippen LogP contribution in [0.2, 0.25) is 0 Å². The lowest BCUT2D eigenvalue weighted by Crippen LogP contribution is -2.04. The highest BCUT2D eigenvalue weighted by Gasteiger charge is 2.10. The van der Waals surface area contributed by atoms with E-state index in [-0.39, 0.29) is 16.7 Å². The van der Waals surface area contributed by atoms with E-state index in [0.717, 1.165) is 18.2 Å². The van der Waals surface area contributed by atoms with Gasteiger partial charge in [-0.25, -0.2) is 13.8 Å². The molecule has 19 heavy (non-hydrogen) atoms. The third kappa shape index (κ3) is 1.99. The van der Waals surface area contributed by atoms with Gasteiger partial charge in [0.15, 0.2) is 5.43 Å². The zero-order valence-electron chi connectivity index (χ0n) is 9.65. The minimum absolute atomic E-state index is 0.00431. The summed E-state index contributed by atoms with van der Waals surface area (Å²) in [7, 11) is 0. The largest absolute Gasteiger partial charge is 0.339 e. The molecule has 1 aromatic carbocycles. The van der Waals surface area contributed by atoms with Crippen molar-refractivity contribution in [3.63, 3.8) is 0 Å². The lowest BCUT2D eigenvalue weighted by molar-refractivity contribution is 0.602. The first-order chi connectivity index (χ1) is 9.15. The second-order valence-corrected chi connectivity index (χ2v) is 4.07. The van der Waals surface area contributed by atoms with Crippen LogP contribution < -0.4 is 5.43 Å². The Balaban J connectivity index is 2.31. The third-order valence-corrected chi connectivity index (χ3v) is 2.82. The summed E-state index contributed by atoms with van der Waals surface area (Å²) < 4.78 is 26.9. The first kappa shape index (κ1) is 11.5. The van der Waals surface area contributed by atoms with Crippen molar-refractivity contribution in [2.24, 2.45) is 0 Å². The fraction of sp³-hybridized carbons (Fsp3) is 0. The SMILES string of the molecule is O=c1cc(-c2cc(F)ccc2F)[nH]c2ncccc12. The molecular weight excluding hydrogens is 250 g/mol. The van der Waals surface area contributed by atoms with Crippen LogP contribution >= 0.6 is 0 Å². The monoisotopic (exact) mass is 258 g/mol. The van der Waals surface area contributed by atoms with E-state index in [1.54, 1.807) is 12.1 Å². The van der Waals surface area contributed by atoms with Gasteiger partial charge in [-0.15, -0.1) is 0 Å². The van der Waals surface area contributed by atoms with Gasteiger partial charge in [-0.1, -0.05) is 0 Å². The molecule has 0 unspecified atom stereocenters. The van der Waals surface area contributed by atoms with Gasteiger partial charge < -0.3 is 4.98 Å². The van der Waals surface area contributed by atoms with Crippen molar-refractivity contribution in [3.8, 4) is 11.3 Å². The number of hydrogen-bond acceptors (Lipinski definition) is 2. The Bertz CT molecular complexity index is 827. The maximum atomic E-state index is 13.7. The third-order valence-electron chi connectivity index (χ3n) is 2.82. The fourth-order valence-corrected chi connectivity index (χ4v) is 1.93. The number of halogens is 2. The minimum atomic E-state index is -0.604. The summed E-state index contributed by atoms with van der Waals surface area (Å²) in [6.45, 7) is 0. The van der Waals surface area contributed by atoms with Crippen LogP contribution in [0.25, 0.3) is 22.3 Å². The maximum Gasteiger partial charge on any atom is 0.191 e. The Hall–Kier alpha value is -2.56. The van der Waals surface area contributed by atoms with Crippen LogP contribution in [0, 0.1) is 11.6 Å². The number of H-pyrrole nitrogens is 1. The van der Waals surface area contributed by atoms with Crippen molar-refractivity contribution in [2.45, 2.75) is 0 Å². The Labute approximate surface area is 106 Å². The van der Waals surface area contributed by atoms with Gasteiger partial charge in [-0.2, -0.15) is 0 Å². The standard InChI is InChI=1S/C14H8F2N2O/c15-8-3-4-11(16)10(6-8)12-7-13(19)9-2-1-5-17-14(9)18-12/h1-7H,(H,17,18,19). The van der Waals surface area contributed by atoms with Crippen LogP contribution in [-0.2, 0) is 0 Å². The van der Waals surface area contributed by atoms with Crippen molar-refractivity contribution in [3.05, 3.63) is 64.5 Å². The van der Waals surface area contributed by atoms with Crippen molar-refractivity contribution >= 4 is 11.0 Å². The minimum Gasteiger partial charge on any atom is -0.339 e. The number of benzene rings is 1. The number of nitrogens with one attached hydrogen (secondary N) is 1. The Morgan fingerprint density at radius 3 is 2.79 bits per heavy atom.